The fraction of sp³-hybridized carbons (Fsp3) is 0.250. The number of nitrogens with one attached hydrogen (secondary N) is 1. The average molecular weight is 241 g/mol. The Kier molecular flexibility index (Phi) is 4.37. The van der Waals surface area contributed by atoms with E-state index in [-0.39, 0.29) is 0 Å². The molecule has 0 atom stereocenters. The number of aryl methyl sites for hydroxylation is 1. The first kappa shape index (κ1) is 12.7. The predicted octanol–water partition coefficient (Wildman–Crippen LogP) is 3.29. The molecule has 0 saturated heterocycles. The molecule has 0 saturated carbocycles. The van der Waals surface area contributed by atoms with Crippen LogP contribution < -0.4 is 10.1 Å². The van der Waals surface area contributed by atoms with Gasteiger partial charge in [0.1, 0.15) is 5.75 Å². The van der Waals surface area contributed by atoms with Gasteiger partial charge in [-0.1, -0.05) is 36.4 Å². The molecule has 0 amide bonds. The maximum absolute atomic E-state index is 5.21. The van der Waals surface area contributed by atoms with Crippen LogP contribution >= 0.6 is 0 Å². The number of hydrogen-bond donors (Lipinski definition) is 1. The molecule has 0 bridgehead atoms. The Bertz CT molecular complexity index is 508. The number of ether oxygens (including phenoxy) is 1. The summed E-state index contributed by atoms with van der Waals surface area (Å²) in [6.45, 7) is 3.89. The summed E-state index contributed by atoms with van der Waals surface area (Å²) in [5, 5.41) is 3.45. The molecule has 1 N–H and O–H groups in total. The van der Waals surface area contributed by atoms with Crippen LogP contribution in [0.1, 0.15) is 16.7 Å². The Morgan fingerprint density at radius 2 is 1.83 bits per heavy atom. The van der Waals surface area contributed by atoms with E-state index in [9.17, 15) is 0 Å². The minimum Gasteiger partial charge on any atom is -0.497 e. The molecule has 0 spiro atoms. The predicted molar refractivity (Wildman–Crippen MR) is 74.7 cm³/mol. The lowest BCUT2D eigenvalue weighted by Crippen LogP contribution is -2.13. The van der Waals surface area contributed by atoms with Crippen LogP contribution in [0.15, 0.2) is 48.5 Å². The lowest BCUT2D eigenvalue weighted by molar-refractivity contribution is 0.414. The minimum atomic E-state index is 0.853. The van der Waals surface area contributed by atoms with Crippen LogP contribution in [0.5, 0.6) is 5.75 Å². The van der Waals surface area contributed by atoms with Gasteiger partial charge in [-0.15, -0.1) is 0 Å². The topological polar surface area (TPSA) is 21.3 Å². The first-order chi connectivity index (χ1) is 8.79. The second-order valence-corrected chi connectivity index (χ2v) is 4.38. The highest BCUT2D eigenvalue weighted by Gasteiger charge is 1.98. The number of rotatable bonds is 5. The molecule has 0 aliphatic rings. The summed E-state index contributed by atoms with van der Waals surface area (Å²) in [5.41, 5.74) is 3.92. The maximum atomic E-state index is 5.21. The lowest BCUT2D eigenvalue weighted by Gasteiger charge is -2.08. The van der Waals surface area contributed by atoms with Crippen LogP contribution in [0.3, 0.4) is 0 Å². The second-order valence-electron chi connectivity index (χ2n) is 4.38. The van der Waals surface area contributed by atoms with Gasteiger partial charge in [0.25, 0.3) is 0 Å². The fourth-order valence-corrected chi connectivity index (χ4v) is 1.93. The summed E-state index contributed by atoms with van der Waals surface area (Å²) in [6, 6.07) is 16.6. The van der Waals surface area contributed by atoms with Gasteiger partial charge >= 0.3 is 0 Å². The van der Waals surface area contributed by atoms with Crippen molar-refractivity contribution in [1.29, 1.82) is 0 Å². The zero-order valence-electron chi connectivity index (χ0n) is 10.9. The van der Waals surface area contributed by atoms with E-state index in [1.165, 1.54) is 16.7 Å². The highest BCUT2D eigenvalue weighted by molar-refractivity contribution is 5.29. The molecule has 0 aliphatic heterocycles. The summed E-state index contributed by atoms with van der Waals surface area (Å²) >= 11 is 0. The summed E-state index contributed by atoms with van der Waals surface area (Å²) in [6.07, 6.45) is 0. The van der Waals surface area contributed by atoms with Gasteiger partial charge in [-0.25, -0.2) is 0 Å². The van der Waals surface area contributed by atoms with Crippen LogP contribution in [0, 0.1) is 6.92 Å². The molecule has 0 unspecified atom stereocenters. The zero-order valence-corrected chi connectivity index (χ0v) is 10.9. The van der Waals surface area contributed by atoms with Crippen LogP contribution in [-0.4, -0.2) is 7.11 Å². The van der Waals surface area contributed by atoms with E-state index in [4.69, 9.17) is 4.74 Å². The molecule has 94 valence electrons. The molecule has 0 fully saturated rings. The molecule has 0 heterocycles. The van der Waals surface area contributed by atoms with Crippen molar-refractivity contribution in [2.24, 2.45) is 0 Å². The van der Waals surface area contributed by atoms with E-state index < -0.39 is 0 Å². The Morgan fingerprint density at radius 3 is 2.61 bits per heavy atom. The molecular formula is C16H19NO. The third kappa shape index (κ3) is 3.34. The first-order valence-corrected chi connectivity index (χ1v) is 6.18. The molecule has 2 aromatic rings. The third-order valence-electron chi connectivity index (χ3n) is 3.04. The molecule has 0 aromatic heterocycles. The Balaban J connectivity index is 1.90. The zero-order chi connectivity index (χ0) is 12.8. The van der Waals surface area contributed by atoms with E-state index in [0.29, 0.717) is 0 Å². The van der Waals surface area contributed by atoms with Crippen molar-refractivity contribution in [1.82, 2.24) is 5.32 Å². The summed E-state index contributed by atoms with van der Waals surface area (Å²) < 4.78 is 5.21. The normalized spacial score (nSPS) is 10.3. The van der Waals surface area contributed by atoms with Crippen molar-refractivity contribution < 1.29 is 4.74 Å². The van der Waals surface area contributed by atoms with E-state index in [2.05, 4.69) is 48.6 Å². The Morgan fingerprint density at radius 1 is 1.00 bits per heavy atom. The minimum absolute atomic E-state index is 0.853. The smallest absolute Gasteiger partial charge is 0.119 e. The second kappa shape index (κ2) is 6.22. The number of methoxy groups -OCH3 is 1. The van der Waals surface area contributed by atoms with E-state index in [1.54, 1.807) is 7.11 Å². The monoisotopic (exact) mass is 241 g/mol. The van der Waals surface area contributed by atoms with E-state index in [1.807, 2.05) is 12.1 Å². The summed E-state index contributed by atoms with van der Waals surface area (Å²) in [4.78, 5) is 0. The van der Waals surface area contributed by atoms with Crippen molar-refractivity contribution >= 4 is 0 Å². The maximum Gasteiger partial charge on any atom is 0.119 e. The average Bonchev–Trinajstić information content (AvgIpc) is 2.41. The molecule has 2 nitrogen and oxygen atoms in total. The van der Waals surface area contributed by atoms with Crippen molar-refractivity contribution in [3.63, 3.8) is 0 Å². The van der Waals surface area contributed by atoms with E-state index >= 15 is 0 Å². The van der Waals surface area contributed by atoms with Gasteiger partial charge in [0.2, 0.25) is 0 Å². The van der Waals surface area contributed by atoms with Crippen LogP contribution in [-0.2, 0) is 13.1 Å². The molecule has 0 radical (unpaired) electrons. The first-order valence-electron chi connectivity index (χ1n) is 6.18. The highest BCUT2D eigenvalue weighted by atomic mass is 16.5. The lowest BCUT2D eigenvalue weighted by atomic mass is 10.1. The van der Waals surface area contributed by atoms with Crippen molar-refractivity contribution in [2.75, 3.05) is 7.11 Å². The van der Waals surface area contributed by atoms with Gasteiger partial charge in [-0.2, -0.15) is 0 Å². The van der Waals surface area contributed by atoms with Gasteiger partial charge in [0.15, 0.2) is 0 Å². The Hall–Kier alpha value is -1.80. The number of benzene rings is 2. The Labute approximate surface area is 109 Å². The van der Waals surface area contributed by atoms with Crippen LogP contribution in [0.25, 0.3) is 0 Å². The SMILES string of the molecule is COc1cccc(CNCc2ccccc2C)c1. The van der Waals surface area contributed by atoms with Crippen molar-refractivity contribution in [2.45, 2.75) is 20.0 Å². The van der Waals surface area contributed by atoms with Gasteiger partial charge in [-0.3, -0.25) is 0 Å². The largest absolute Gasteiger partial charge is 0.497 e. The molecule has 2 rings (SSSR count). The highest BCUT2D eigenvalue weighted by Crippen LogP contribution is 2.12. The third-order valence-corrected chi connectivity index (χ3v) is 3.04. The quantitative estimate of drug-likeness (QED) is 0.867. The standard InChI is InChI=1S/C16H19NO/c1-13-6-3-4-8-15(13)12-17-11-14-7-5-9-16(10-14)18-2/h3-10,17H,11-12H2,1-2H3. The molecule has 18 heavy (non-hydrogen) atoms. The van der Waals surface area contributed by atoms with Gasteiger partial charge < -0.3 is 10.1 Å². The van der Waals surface area contributed by atoms with Crippen molar-refractivity contribution in [3.8, 4) is 5.75 Å². The van der Waals surface area contributed by atoms with Crippen LogP contribution in [0.2, 0.25) is 0 Å². The fourth-order valence-electron chi connectivity index (χ4n) is 1.93. The van der Waals surface area contributed by atoms with Crippen LogP contribution in [0.4, 0.5) is 0 Å². The van der Waals surface area contributed by atoms with Gasteiger partial charge in [0, 0.05) is 13.1 Å². The molecule has 2 aromatic carbocycles. The van der Waals surface area contributed by atoms with Gasteiger partial charge in [-0.05, 0) is 35.7 Å². The molecular weight excluding hydrogens is 222 g/mol. The van der Waals surface area contributed by atoms with E-state index in [0.717, 1.165) is 18.8 Å². The van der Waals surface area contributed by atoms with Gasteiger partial charge in [0.05, 0.1) is 7.11 Å². The number of hydrogen-bond acceptors (Lipinski definition) is 2. The summed E-state index contributed by atoms with van der Waals surface area (Å²) in [7, 11) is 1.69. The molecule has 0 aliphatic carbocycles. The van der Waals surface area contributed by atoms with Crippen molar-refractivity contribution in [3.05, 3.63) is 65.2 Å². The molecule has 2 heteroatoms. The summed E-state index contributed by atoms with van der Waals surface area (Å²) in [5.74, 6) is 0.908.